The van der Waals surface area contributed by atoms with Crippen LogP contribution in [0, 0.1) is 0 Å². The van der Waals surface area contributed by atoms with Crippen LogP contribution in [0.15, 0.2) is 95.5 Å². The molecule has 196 valence electrons. The van der Waals surface area contributed by atoms with Gasteiger partial charge in [-0.15, -0.1) is 11.3 Å². The summed E-state index contributed by atoms with van der Waals surface area (Å²) < 4.78 is 0.425. The highest BCUT2D eigenvalue weighted by Crippen LogP contribution is 2.36. The van der Waals surface area contributed by atoms with Crippen molar-refractivity contribution in [2.45, 2.75) is 19.4 Å². The molecule has 5 nitrogen and oxygen atoms in total. The number of rotatable bonds is 8. The van der Waals surface area contributed by atoms with Crippen LogP contribution in [-0.4, -0.2) is 26.0 Å². The zero-order valence-corrected chi connectivity index (χ0v) is 24.4. The Morgan fingerprint density at radius 2 is 1.56 bits per heavy atom. The first-order chi connectivity index (χ1) is 18.9. The van der Waals surface area contributed by atoms with Gasteiger partial charge >= 0.3 is 0 Å². The lowest BCUT2D eigenvalue weighted by molar-refractivity contribution is -0.123. The van der Waals surface area contributed by atoms with E-state index in [0.717, 1.165) is 33.3 Å². The third-order valence-corrected chi connectivity index (χ3v) is 8.72. The van der Waals surface area contributed by atoms with Gasteiger partial charge in [0.05, 0.1) is 11.4 Å². The maximum Gasteiger partial charge on any atom is 0.266 e. The van der Waals surface area contributed by atoms with Crippen molar-refractivity contribution in [2.24, 2.45) is 0 Å². The largest absolute Gasteiger partial charge is 0.298 e. The maximum atomic E-state index is 13.6. The first-order valence-corrected chi connectivity index (χ1v) is 14.7. The normalized spacial score (nSPS) is 14.6. The van der Waals surface area contributed by atoms with Gasteiger partial charge < -0.3 is 0 Å². The SMILES string of the molecule is O=C(Nc1ncc(Cc2cc(Cl)cc(Cl)c2)s1)/C(Cc1ccccc1)=C1/SC(=S)N(Cc2ccccc2)C1=O. The third-order valence-electron chi connectivity index (χ3n) is 5.88. The zero-order chi connectivity index (χ0) is 27.4. The van der Waals surface area contributed by atoms with E-state index in [0.29, 0.717) is 42.9 Å². The first kappa shape index (κ1) is 27.6. The van der Waals surface area contributed by atoms with E-state index in [-0.39, 0.29) is 18.2 Å². The summed E-state index contributed by atoms with van der Waals surface area (Å²) in [6, 6.07) is 24.6. The summed E-state index contributed by atoms with van der Waals surface area (Å²) in [5, 5.41) is 4.46. The van der Waals surface area contributed by atoms with Gasteiger partial charge in [-0.2, -0.15) is 0 Å². The topological polar surface area (TPSA) is 62.3 Å². The molecule has 1 fully saturated rings. The quantitative estimate of drug-likeness (QED) is 0.165. The maximum absolute atomic E-state index is 13.6. The molecule has 0 bridgehead atoms. The summed E-state index contributed by atoms with van der Waals surface area (Å²) in [6.07, 6.45) is 2.57. The Balaban J connectivity index is 1.39. The molecule has 1 N–H and O–H groups in total. The van der Waals surface area contributed by atoms with Gasteiger partial charge in [0.15, 0.2) is 5.13 Å². The number of halogens is 2. The highest BCUT2D eigenvalue weighted by Gasteiger charge is 2.36. The van der Waals surface area contributed by atoms with Crippen LogP contribution < -0.4 is 5.32 Å². The second kappa shape index (κ2) is 12.4. The third kappa shape index (κ3) is 6.96. The number of hydrogen-bond donors (Lipinski definition) is 1. The average molecular weight is 611 g/mol. The van der Waals surface area contributed by atoms with E-state index in [9.17, 15) is 9.59 Å². The van der Waals surface area contributed by atoms with Crippen LogP contribution in [-0.2, 0) is 29.0 Å². The van der Waals surface area contributed by atoms with E-state index in [4.69, 9.17) is 35.4 Å². The van der Waals surface area contributed by atoms with Crippen LogP contribution in [0.2, 0.25) is 10.0 Å². The van der Waals surface area contributed by atoms with Crippen molar-refractivity contribution in [2.75, 3.05) is 5.32 Å². The van der Waals surface area contributed by atoms with E-state index < -0.39 is 0 Å². The molecule has 10 heteroatoms. The minimum atomic E-state index is -0.384. The van der Waals surface area contributed by atoms with Crippen molar-refractivity contribution in [3.63, 3.8) is 0 Å². The molecule has 4 aromatic rings. The molecule has 0 unspecified atom stereocenters. The van der Waals surface area contributed by atoms with Crippen molar-refractivity contribution >= 4 is 79.8 Å². The Kier molecular flexibility index (Phi) is 8.79. The van der Waals surface area contributed by atoms with Gasteiger partial charge in [-0.3, -0.25) is 19.8 Å². The number of carbonyl (C=O) groups is 2. The summed E-state index contributed by atoms with van der Waals surface area (Å²) in [4.78, 5) is 34.3. The molecule has 1 aliphatic rings. The van der Waals surface area contributed by atoms with Crippen LogP contribution in [0.1, 0.15) is 21.6 Å². The second-order valence-electron chi connectivity index (χ2n) is 8.76. The van der Waals surface area contributed by atoms with Gasteiger partial charge in [-0.1, -0.05) is 108 Å². The average Bonchev–Trinajstić information content (AvgIpc) is 3.46. The van der Waals surface area contributed by atoms with Gasteiger partial charge in [0.1, 0.15) is 4.32 Å². The Bertz CT molecular complexity index is 1550. The number of aromatic nitrogens is 1. The number of thiocarbonyl (C=S) groups is 1. The number of benzene rings is 3. The Labute approximate surface area is 249 Å². The molecule has 1 aromatic heterocycles. The van der Waals surface area contributed by atoms with Crippen molar-refractivity contribution in [1.82, 2.24) is 9.88 Å². The highest BCUT2D eigenvalue weighted by molar-refractivity contribution is 8.26. The number of nitrogens with zero attached hydrogens (tertiary/aromatic N) is 2. The molecule has 0 aliphatic carbocycles. The van der Waals surface area contributed by atoms with E-state index in [1.165, 1.54) is 11.3 Å². The number of thiazole rings is 1. The molecular formula is C29H21Cl2N3O2S3. The molecule has 1 aliphatic heterocycles. The van der Waals surface area contributed by atoms with E-state index in [1.807, 2.05) is 72.8 Å². The fourth-order valence-corrected chi connectivity index (χ4v) is 6.81. The predicted octanol–water partition coefficient (Wildman–Crippen LogP) is 7.54. The number of anilines is 1. The lowest BCUT2D eigenvalue weighted by Crippen LogP contribution is -2.28. The molecule has 0 saturated carbocycles. The molecule has 3 aromatic carbocycles. The fourth-order valence-electron chi connectivity index (χ4n) is 4.08. The van der Waals surface area contributed by atoms with Crippen LogP contribution in [0.4, 0.5) is 5.13 Å². The monoisotopic (exact) mass is 609 g/mol. The number of hydrogen-bond acceptors (Lipinski definition) is 6. The minimum absolute atomic E-state index is 0.271. The van der Waals surface area contributed by atoms with E-state index >= 15 is 0 Å². The lowest BCUT2D eigenvalue weighted by Gasteiger charge is -2.15. The highest BCUT2D eigenvalue weighted by atomic mass is 35.5. The Morgan fingerprint density at radius 3 is 2.23 bits per heavy atom. The number of nitrogens with one attached hydrogen (secondary N) is 1. The van der Waals surface area contributed by atoms with Crippen molar-refractivity contribution in [3.05, 3.63) is 127 Å². The molecular weight excluding hydrogens is 589 g/mol. The van der Waals surface area contributed by atoms with Crippen LogP contribution in [0.3, 0.4) is 0 Å². The first-order valence-electron chi connectivity index (χ1n) is 11.9. The van der Waals surface area contributed by atoms with Crippen LogP contribution >= 0.6 is 58.5 Å². The Hall–Kier alpha value is -3.01. The van der Waals surface area contributed by atoms with Crippen LogP contribution in [0.5, 0.6) is 0 Å². The minimum Gasteiger partial charge on any atom is -0.298 e. The summed E-state index contributed by atoms with van der Waals surface area (Å²) in [5.74, 6) is -0.654. The summed E-state index contributed by atoms with van der Waals surface area (Å²) in [7, 11) is 0. The molecule has 1 saturated heterocycles. The van der Waals surface area contributed by atoms with E-state index in [2.05, 4.69) is 10.3 Å². The molecule has 2 heterocycles. The Morgan fingerprint density at radius 1 is 0.923 bits per heavy atom. The van der Waals surface area contributed by atoms with Gasteiger partial charge in [0.25, 0.3) is 11.8 Å². The van der Waals surface area contributed by atoms with Gasteiger partial charge in [-0.05, 0) is 34.9 Å². The van der Waals surface area contributed by atoms with Crippen molar-refractivity contribution in [1.29, 1.82) is 0 Å². The predicted molar refractivity (Wildman–Crippen MR) is 164 cm³/mol. The number of amides is 2. The molecule has 5 rings (SSSR count). The summed E-state index contributed by atoms with van der Waals surface area (Å²) in [5.41, 5.74) is 3.17. The summed E-state index contributed by atoms with van der Waals surface area (Å²) >= 11 is 20.3. The fraction of sp³-hybridized carbons (Fsp3) is 0.103. The molecule has 39 heavy (non-hydrogen) atoms. The molecule has 0 atom stereocenters. The molecule has 2 amide bonds. The van der Waals surface area contributed by atoms with Gasteiger partial charge in [0, 0.05) is 39.5 Å². The van der Waals surface area contributed by atoms with Crippen LogP contribution in [0.25, 0.3) is 0 Å². The van der Waals surface area contributed by atoms with Gasteiger partial charge in [0.2, 0.25) is 0 Å². The van der Waals surface area contributed by atoms with Crippen molar-refractivity contribution in [3.8, 4) is 0 Å². The van der Waals surface area contributed by atoms with Gasteiger partial charge in [-0.25, -0.2) is 4.98 Å². The lowest BCUT2D eigenvalue weighted by atomic mass is 10.0. The summed E-state index contributed by atoms with van der Waals surface area (Å²) in [6.45, 7) is 0.346. The molecule has 0 spiro atoms. The number of thioether (sulfide) groups is 1. The molecule has 0 radical (unpaired) electrons. The zero-order valence-electron chi connectivity index (χ0n) is 20.4. The smallest absolute Gasteiger partial charge is 0.266 e. The number of carbonyl (C=O) groups excluding carboxylic acids is 2. The van der Waals surface area contributed by atoms with Crippen molar-refractivity contribution < 1.29 is 9.59 Å². The standard InChI is InChI=1S/C29H21Cl2N3O2S3/c30-21-11-20(12-22(31)15-21)13-23-16-32-28(38-23)33-26(35)24(14-18-7-3-1-4-8-18)25-27(36)34(29(37)39-25)17-19-9-5-2-6-10-19/h1-12,15-16H,13-14,17H2,(H,32,33,35)/b25-24+. The van der Waals surface area contributed by atoms with E-state index in [1.54, 1.807) is 17.2 Å². The second-order valence-corrected chi connectivity index (χ2v) is 12.4.